The van der Waals surface area contributed by atoms with E-state index in [1.165, 1.54) is 0 Å². The fraction of sp³-hybridized carbons (Fsp3) is 1.00. The zero-order valence-corrected chi connectivity index (χ0v) is 7.76. The summed E-state index contributed by atoms with van der Waals surface area (Å²) >= 11 is 0. The van der Waals surface area contributed by atoms with E-state index >= 15 is 0 Å². The molecule has 0 aliphatic heterocycles. The molecular formula is C5H13ClFNO2S. The van der Waals surface area contributed by atoms with E-state index in [-0.39, 0.29) is 18.2 Å². The molecule has 0 fully saturated rings. The Balaban J connectivity index is 0. The van der Waals surface area contributed by atoms with E-state index in [0.29, 0.717) is 19.4 Å². The summed E-state index contributed by atoms with van der Waals surface area (Å²) in [5, 5.41) is 0. The molecule has 0 aromatic heterocycles. The van der Waals surface area contributed by atoms with Crippen molar-refractivity contribution in [1.29, 1.82) is 0 Å². The molecule has 0 amide bonds. The molecule has 0 saturated heterocycles. The Kier molecular flexibility index (Phi) is 8.49. The van der Waals surface area contributed by atoms with Gasteiger partial charge in [-0.25, -0.2) is 0 Å². The fourth-order valence-electron chi connectivity index (χ4n) is 0.596. The Morgan fingerprint density at radius 1 is 1.18 bits per heavy atom. The van der Waals surface area contributed by atoms with Crippen molar-refractivity contribution in [3.8, 4) is 0 Å². The molecule has 6 heteroatoms. The monoisotopic (exact) mass is 205 g/mol. The van der Waals surface area contributed by atoms with Crippen LogP contribution in [-0.4, -0.2) is 20.7 Å². The van der Waals surface area contributed by atoms with Crippen LogP contribution in [0.4, 0.5) is 3.89 Å². The minimum absolute atomic E-state index is 0. The molecule has 0 saturated carbocycles. The summed E-state index contributed by atoms with van der Waals surface area (Å²) < 4.78 is 31.6. The maximum Gasteiger partial charge on any atom is 0.302 e. The summed E-state index contributed by atoms with van der Waals surface area (Å²) in [6.45, 7) is 0.534. The first-order chi connectivity index (χ1) is 4.56. The molecule has 0 radical (unpaired) electrons. The summed E-state index contributed by atoms with van der Waals surface area (Å²) in [5.41, 5.74) is 5.14. The van der Waals surface area contributed by atoms with Gasteiger partial charge in [-0.15, -0.1) is 16.3 Å². The molecule has 0 spiro atoms. The second-order valence-electron chi connectivity index (χ2n) is 2.09. The minimum atomic E-state index is -4.25. The van der Waals surface area contributed by atoms with Gasteiger partial charge in [0.15, 0.2) is 0 Å². The lowest BCUT2D eigenvalue weighted by Gasteiger charge is -1.93. The summed E-state index contributed by atoms with van der Waals surface area (Å²) in [6.07, 6.45) is 1.81. The standard InChI is InChI=1S/C5H12FNO2S.ClH/c6-10(8,9)5-3-1-2-4-7;/h1-5,7H2;1H. The molecule has 0 unspecified atom stereocenters. The normalized spacial score (nSPS) is 10.7. The van der Waals surface area contributed by atoms with Gasteiger partial charge >= 0.3 is 10.2 Å². The van der Waals surface area contributed by atoms with Crippen LogP contribution in [0.15, 0.2) is 0 Å². The highest BCUT2D eigenvalue weighted by atomic mass is 35.5. The minimum Gasteiger partial charge on any atom is -0.330 e. The quantitative estimate of drug-likeness (QED) is 0.535. The summed E-state index contributed by atoms with van der Waals surface area (Å²) in [5.74, 6) is -0.368. The first-order valence-corrected chi connectivity index (χ1v) is 4.74. The van der Waals surface area contributed by atoms with E-state index in [1.807, 2.05) is 0 Å². The molecule has 0 heterocycles. The molecular weight excluding hydrogens is 193 g/mol. The molecule has 0 atom stereocenters. The fourth-order valence-corrected chi connectivity index (χ4v) is 1.14. The highest BCUT2D eigenvalue weighted by Crippen LogP contribution is 1.99. The van der Waals surface area contributed by atoms with E-state index in [1.54, 1.807) is 0 Å². The van der Waals surface area contributed by atoms with Gasteiger partial charge in [0.1, 0.15) is 0 Å². The lowest BCUT2D eigenvalue weighted by atomic mass is 10.2. The molecule has 0 bridgehead atoms. The van der Waals surface area contributed by atoms with Gasteiger partial charge in [0.05, 0.1) is 5.75 Å². The second-order valence-corrected chi connectivity index (χ2v) is 3.58. The topological polar surface area (TPSA) is 60.2 Å². The Hall–Kier alpha value is 0.130. The summed E-state index contributed by atoms with van der Waals surface area (Å²) in [7, 11) is -4.25. The van der Waals surface area contributed by atoms with Gasteiger partial charge in [0.2, 0.25) is 0 Å². The van der Waals surface area contributed by atoms with Crippen molar-refractivity contribution in [2.24, 2.45) is 5.73 Å². The summed E-state index contributed by atoms with van der Waals surface area (Å²) in [4.78, 5) is 0. The highest BCUT2D eigenvalue weighted by molar-refractivity contribution is 7.86. The molecule has 0 aromatic carbocycles. The zero-order valence-electron chi connectivity index (χ0n) is 6.12. The number of rotatable bonds is 5. The maximum atomic E-state index is 11.8. The van der Waals surface area contributed by atoms with Gasteiger partial charge in [-0.1, -0.05) is 6.42 Å². The van der Waals surface area contributed by atoms with Gasteiger partial charge in [0.25, 0.3) is 0 Å². The average Bonchev–Trinajstić information content (AvgIpc) is 1.78. The van der Waals surface area contributed by atoms with Crippen molar-refractivity contribution in [2.75, 3.05) is 12.3 Å². The zero-order chi connectivity index (χ0) is 8.04. The van der Waals surface area contributed by atoms with E-state index in [4.69, 9.17) is 5.73 Å². The van der Waals surface area contributed by atoms with Crippen molar-refractivity contribution in [1.82, 2.24) is 0 Å². The van der Waals surface area contributed by atoms with Crippen LogP contribution >= 0.6 is 12.4 Å². The third-order valence-corrected chi connectivity index (χ3v) is 1.87. The number of hydrogen-bond acceptors (Lipinski definition) is 3. The molecule has 2 N–H and O–H groups in total. The lowest BCUT2D eigenvalue weighted by Crippen LogP contribution is -2.01. The van der Waals surface area contributed by atoms with Gasteiger partial charge in [0, 0.05) is 0 Å². The average molecular weight is 206 g/mol. The molecule has 3 nitrogen and oxygen atoms in total. The highest BCUT2D eigenvalue weighted by Gasteiger charge is 2.04. The van der Waals surface area contributed by atoms with Crippen LogP contribution in [0, 0.1) is 0 Å². The Bertz CT molecular complexity index is 171. The van der Waals surface area contributed by atoms with Crippen LogP contribution < -0.4 is 5.73 Å². The van der Waals surface area contributed by atoms with Crippen molar-refractivity contribution >= 4 is 22.6 Å². The van der Waals surface area contributed by atoms with Crippen LogP contribution in [0.1, 0.15) is 19.3 Å². The van der Waals surface area contributed by atoms with Gasteiger partial charge in [-0.3, -0.25) is 0 Å². The Morgan fingerprint density at radius 3 is 2.09 bits per heavy atom. The van der Waals surface area contributed by atoms with E-state index < -0.39 is 10.2 Å². The van der Waals surface area contributed by atoms with Crippen LogP contribution in [0.5, 0.6) is 0 Å². The molecule has 11 heavy (non-hydrogen) atoms. The smallest absolute Gasteiger partial charge is 0.302 e. The Morgan fingerprint density at radius 2 is 1.73 bits per heavy atom. The number of halogens is 2. The van der Waals surface area contributed by atoms with Crippen LogP contribution in [0.3, 0.4) is 0 Å². The third kappa shape index (κ3) is 13.2. The first kappa shape index (κ1) is 13.7. The van der Waals surface area contributed by atoms with E-state index in [2.05, 4.69) is 0 Å². The SMILES string of the molecule is Cl.NCCCCCS(=O)(=O)F. The number of hydrogen-bond donors (Lipinski definition) is 1. The van der Waals surface area contributed by atoms with E-state index in [0.717, 1.165) is 6.42 Å². The molecule has 70 valence electrons. The number of unbranched alkanes of at least 4 members (excludes halogenated alkanes) is 2. The molecule has 0 aliphatic rings. The molecule has 0 aliphatic carbocycles. The lowest BCUT2D eigenvalue weighted by molar-refractivity contribution is 0.546. The van der Waals surface area contributed by atoms with E-state index in [9.17, 15) is 12.3 Å². The third-order valence-electron chi connectivity index (χ3n) is 1.09. The first-order valence-electron chi connectivity index (χ1n) is 3.18. The van der Waals surface area contributed by atoms with Crippen molar-refractivity contribution in [3.05, 3.63) is 0 Å². The van der Waals surface area contributed by atoms with Gasteiger partial charge in [-0.05, 0) is 19.4 Å². The molecule has 0 rings (SSSR count). The van der Waals surface area contributed by atoms with Crippen LogP contribution in [-0.2, 0) is 10.2 Å². The summed E-state index contributed by atoms with van der Waals surface area (Å²) in [6, 6.07) is 0. The molecule has 0 aromatic rings. The Labute approximate surface area is 72.8 Å². The van der Waals surface area contributed by atoms with Crippen LogP contribution in [0.2, 0.25) is 0 Å². The van der Waals surface area contributed by atoms with Crippen LogP contribution in [0.25, 0.3) is 0 Å². The maximum absolute atomic E-state index is 11.8. The van der Waals surface area contributed by atoms with Crippen molar-refractivity contribution in [3.63, 3.8) is 0 Å². The predicted octanol–water partition coefficient (Wildman–Crippen LogP) is 0.837. The van der Waals surface area contributed by atoms with Gasteiger partial charge in [-0.2, -0.15) is 8.42 Å². The van der Waals surface area contributed by atoms with Crippen molar-refractivity contribution in [2.45, 2.75) is 19.3 Å². The largest absolute Gasteiger partial charge is 0.330 e. The predicted molar refractivity (Wildman–Crippen MR) is 45.0 cm³/mol. The second kappa shape index (κ2) is 6.82. The number of nitrogens with two attached hydrogens (primary N) is 1. The van der Waals surface area contributed by atoms with Crippen molar-refractivity contribution < 1.29 is 12.3 Å². The van der Waals surface area contributed by atoms with Gasteiger partial charge < -0.3 is 5.73 Å².